The average molecular weight is 215 g/mol. The molecule has 0 aromatic heterocycles. The molecule has 2 atom stereocenters. The number of aliphatic hydroxyl groups is 1. The Hall–Kier alpha value is -0.120. The van der Waals surface area contributed by atoms with Crippen LogP contribution < -0.4 is 0 Å². The quantitative estimate of drug-likeness (QED) is 0.774. The topological polar surface area (TPSA) is 32.7 Å². The highest BCUT2D eigenvalue weighted by molar-refractivity contribution is 4.77. The second-order valence-electron chi connectivity index (χ2n) is 5.63. The van der Waals surface area contributed by atoms with Gasteiger partial charge < -0.3 is 9.84 Å². The van der Waals surface area contributed by atoms with Crippen molar-refractivity contribution in [3.8, 4) is 0 Å². The molecule has 1 fully saturated rings. The molecule has 0 spiro atoms. The summed E-state index contributed by atoms with van der Waals surface area (Å²) >= 11 is 0. The molecular formula is C12H25NO2. The summed E-state index contributed by atoms with van der Waals surface area (Å²) < 4.78 is 5.38. The van der Waals surface area contributed by atoms with Gasteiger partial charge in [0.05, 0.1) is 19.3 Å². The summed E-state index contributed by atoms with van der Waals surface area (Å²) in [6.07, 6.45) is 0.640. The maximum absolute atomic E-state index is 9.94. The van der Waals surface area contributed by atoms with Crippen LogP contribution in [0.25, 0.3) is 0 Å². The molecule has 1 rings (SSSR count). The maximum atomic E-state index is 9.94. The van der Waals surface area contributed by atoms with Crippen molar-refractivity contribution >= 4 is 0 Å². The van der Waals surface area contributed by atoms with Gasteiger partial charge in [0.15, 0.2) is 0 Å². The fourth-order valence-electron chi connectivity index (χ4n) is 1.81. The largest absolute Gasteiger partial charge is 0.393 e. The molecule has 0 aliphatic carbocycles. The molecule has 0 saturated carbocycles. The first-order valence-corrected chi connectivity index (χ1v) is 5.91. The van der Waals surface area contributed by atoms with Gasteiger partial charge in [0, 0.05) is 19.1 Å². The molecule has 2 unspecified atom stereocenters. The summed E-state index contributed by atoms with van der Waals surface area (Å²) in [6, 6.07) is 0.492. The first-order chi connectivity index (χ1) is 6.91. The van der Waals surface area contributed by atoms with E-state index >= 15 is 0 Å². The third-order valence-corrected chi connectivity index (χ3v) is 3.19. The third-order valence-electron chi connectivity index (χ3n) is 3.19. The highest BCUT2D eigenvalue weighted by Gasteiger charge is 2.24. The molecule has 1 aliphatic heterocycles. The van der Waals surface area contributed by atoms with E-state index in [0.29, 0.717) is 6.04 Å². The smallest absolute Gasteiger partial charge is 0.0619 e. The Balaban J connectivity index is 2.29. The van der Waals surface area contributed by atoms with Crippen LogP contribution in [-0.4, -0.2) is 48.5 Å². The Morgan fingerprint density at radius 3 is 2.67 bits per heavy atom. The van der Waals surface area contributed by atoms with Crippen LogP contribution >= 0.6 is 0 Å². The zero-order chi connectivity index (χ0) is 11.5. The second-order valence-corrected chi connectivity index (χ2v) is 5.63. The zero-order valence-electron chi connectivity index (χ0n) is 10.5. The van der Waals surface area contributed by atoms with Gasteiger partial charge >= 0.3 is 0 Å². The fraction of sp³-hybridized carbons (Fsp3) is 1.00. The van der Waals surface area contributed by atoms with Crippen LogP contribution in [-0.2, 0) is 4.74 Å². The van der Waals surface area contributed by atoms with Crippen LogP contribution in [0.4, 0.5) is 0 Å². The Labute approximate surface area is 93.4 Å². The molecule has 3 heteroatoms. The molecule has 15 heavy (non-hydrogen) atoms. The van der Waals surface area contributed by atoms with E-state index in [-0.39, 0.29) is 11.5 Å². The Kier molecular flexibility index (Phi) is 4.56. The van der Waals surface area contributed by atoms with Gasteiger partial charge in [-0.2, -0.15) is 0 Å². The maximum Gasteiger partial charge on any atom is 0.0619 e. The number of nitrogens with zero attached hydrogens (tertiary/aromatic N) is 1. The standard InChI is InChI=1S/C12H25NO2/c1-10-9-15-8-7-13(10)6-5-11(14)12(2,3)4/h10-11,14H,5-9H2,1-4H3. The average Bonchev–Trinajstić information content (AvgIpc) is 2.14. The van der Waals surface area contributed by atoms with E-state index in [0.717, 1.165) is 32.7 Å². The normalized spacial score (nSPS) is 26.6. The van der Waals surface area contributed by atoms with E-state index in [1.54, 1.807) is 0 Å². The molecule has 0 radical (unpaired) electrons. The molecule has 1 N–H and O–H groups in total. The molecule has 1 saturated heterocycles. The van der Waals surface area contributed by atoms with Gasteiger partial charge in [0.1, 0.15) is 0 Å². The van der Waals surface area contributed by atoms with Crippen molar-refractivity contribution in [2.45, 2.75) is 46.3 Å². The summed E-state index contributed by atoms with van der Waals surface area (Å²) in [4.78, 5) is 2.40. The van der Waals surface area contributed by atoms with Gasteiger partial charge in [-0.15, -0.1) is 0 Å². The summed E-state index contributed by atoms with van der Waals surface area (Å²) in [5.74, 6) is 0. The van der Waals surface area contributed by atoms with Crippen molar-refractivity contribution in [1.29, 1.82) is 0 Å². The lowest BCUT2D eigenvalue weighted by molar-refractivity contribution is -0.0155. The number of hydrogen-bond donors (Lipinski definition) is 1. The minimum absolute atomic E-state index is 0.00444. The first kappa shape index (κ1) is 12.9. The zero-order valence-corrected chi connectivity index (χ0v) is 10.5. The molecule has 0 aromatic rings. The lowest BCUT2D eigenvalue weighted by Gasteiger charge is -2.35. The third kappa shape index (κ3) is 4.09. The van der Waals surface area contributed by atoms with E-state index in [1.165, 1.54) is 0 Å². The lowest BCUT2D eigenvalue weighted by Crippen LogP contribution is -2.45. The van der Waals surface area contributed by atoms with E-state index in [1.807, 2.05) is 0 Å². The molecule has 0 aromatic carbocycles. The molecule has 90 valence electrons. The van der Waals surface area contributed by atoms with Crippen molar-refractivity contribution in [2.24, 2.45) is 5.41 Å². The minimum atomic E-state index is -0.215. The molecule has 3 nitrogen and oxygen atoms in total. The number of ether oxygens (including phenoxy) is 1. The van der Waals surface area contributed by atoms with E-state index in [2.05, 4.69) is 32.6 Å². The van der Waals surface area contributed by atoms with Gasteiger partial charge in [0.25, 0.3) is 0 Å². The van der Waals surface area contributed by atoms with E-state index < -0.39 is 0 Å². The van der Waals surface area contributed by atoms with Crippen molar-refractivity contribution in [1.82, 2.24) is 4.90 Å². The summed E-state index contributed by atoms with van der Waals surface area (Å²) in [6.45, 7) is 12.1. The Morgan fingerprint density at radius 1 is 1.47 bits per heavy atom. The molecule has 0 bridgehead atoms. The van der Waals surface area contributed by atoms with Crippen LogP contribution in [0, 0.1) is 5.41 Å². The van der Waals surface area contributed by atoms with Gasteiger partial charge in [-0.3, -0.25) is 4.90 Å². The Morgan fingerprint density at radius 2 is 2.13 bits per heavy atom. The van der Waals surface area contributed by atoms with E-state index in [4.69, 9.17) is 4.74 Å². The van der Waals surface area contributed by atoms with Gasteiger partial charge in [0.2, 0.25) is 0 Å². The highest BCUT2D eigenvalue weighted by atomic mass is 16.5. The second kappa shape index (κ2) is 5.28. The number of rotatable bonds is 3. The van der Waals surface area contributed by atoms with Crippen molar-refractivity contribution < 1.29 is 9.84 Å². The summed E-state index contributed by atoms with van der Waals surface area (Å²) in [5, 5.41) is 9.94. The number of hydrogen-bond acceptors (Lipinski definition) is 3. The Bertz CT molecular complexity index is 189. The first-order valence-electron chi connectivity index (χ1n) is 5.91. The van der Waals surface area contributed by atoms with Crippen LogP contribution in [0.1, 0.15) is 34.1 Å². The van der Waals surface area contributed by atoms with Crippen LogP contribution in [0.3, 0.4) is 0 Å². The highest BCUT2D eigenvalue weighted by Crippen LogP contribution is 2.22. The predicted molar refractivity (Wildman–Crippen MR) is 61.9 cm³/mol. The SMILES string of the molecule is CC1COCCN1CCC(O)C(C)(C)C. The van der Waals surface area contributed by atoms with Crippen molar-refractivity contribution in [3.05, 3.63) is 0 Å². The molecule has 1 heterocycles. The molecule has 1 aliphatic rings. The fourth-order valence-corrected chi connectivity index (χ4v) is 1.81. The minimum Gasteiger partial charge on any atom is -0.393 e. The van der Waals surface area contributed by atoms with Crippen molar-refractivity contribution in [2.75, 3.05) is 26.3 Å². The monoisotopic (exact) mass is 215 g/mol. The van der Waals surface area contributed by atoms with Crippen LogP contribution in [0.2, 0.25) is 0 Å². The predicted octanol–water partition coefficient (Wildman–Crippen LogP) is 1.50. The lowest BCUT2D eigenvalue weighted by atomic mass is 9.87. The van der Waals surface area contributed by atoms with Crippen molar-refractivity contribution in [3.63, 3.8) is 0 Å². The van der Waals surface area contributed by atoms with E-state index in [9.17, 15) is 5.11 Å². The summed E-state index contributed by atoms with van der Waals surface area (Å²) in [5.41, 5.74) is -0.00444. The summed E-state index contributed by atoms with van der Waals surface area (Å²) in [7, 11) is 0. The number of morpholine rings is 1. The van der Waals surface area contributed by atoms with Gasteiger partial charge in [-0.05, 0) is 18.8 Å². The molecule has 0 amide bonds. The number of aliphatic hydroxyl groups excluding tert-OH is 1. The van der Waals surface area contributed by atoms with Crippen LogP contribution in [0.15, 0.2) is 0 Å². The molecular weight excluding hydrogens is 190 g/mol. The van der Waals surface area contributed by atoms with Crippen LogP contribution in [0.5, 0.6) is 0 Å². The van der Waals surface area contributed by atoms with Gasteiger partial charge in [-0.1, -0.05) is 20.8 Å². The van der Waals surface area contributed by atoms with Gasteiger partial charge in [-0.25, -0.2) is 0 Å².